The second kappa shape index (κ2) is 7.82. The van der Waals surface area contributed by atoms with E-state index in [2.05, 4.69) is 38.8 Å². The van der Waals surface area contributed by atoms with Crippen molar-refractivity contribution in [1.82, 2.24) is 9.55 Å². The molecule has 12 heteroatoms. The predicted molar refractivity (Wildman–Crippen MR) is 104 cm³/mol. The highest BCUT2D eigenvalue weighted by atomic mass is 32.2. The molecular weight excluding hydrogens is 409 g/mol. The number of nitrogens with zero attached hydrogens (tertiary/aromatic N) is 2. The summed E-state index contributed by atoms with van der Waals surface area (Å²) in [5, 5.41) is -0.0192. The zero-order chi connectivity index (χ0) is 21.5. The molecule has 0 saturated carbocycles. The Balaban J connectivity index is 2.26. The Hall–Kier alpha value is -1.34. The minimum Gasteiger partial charge on any atom is -0.414 e. The normalized spacial score (nSPS) is 23.9. The Kier molecular flexibility index (Phi) is 6.41. The SMILES string of the molecule is CC(C)(C)[Si](C)(C)OC[C@H]1CC(OS(C)(=O)=O)[C@@H](n2cc(F)c(N)nc2=O)O1. The van der Waals surface area contributed by atoms with E-state index in [1.54, 1.807) is 0 Å². The molecule has 1 fully saturated rings. The van der Waals surface area contributed by atoms with Gasteiger partial charge in [0.2, 0.25) is 0 Å². The molecule has 2 rings (SSSR count). The first-order chi connectivity index (χ1) is 12.6. The maximum absolute atomic E-state index is 13.8. The number of rotatable bonds is 6. The predicted octanol–water partition coefficient (Wildman–Crippen LogP) is 1.62. The summed E-state index contributed by atoms with van der Waals surface area (Å²) in [7, 11) is -5.90. The Morgan fingerprint density at radius 3 is 2.57 bits per heavy atom. The van der Waals surface area contributed by atoms with Crippen LogP contribution in [0.3, 0.4) is 0 Å². The molecule has 0 aliphatic carbocycles. The van der Waals surface area contributed by atoms with E-state index in [1.165, 1.54) is 0 Å². The maximum atomic E-state index is 13.8. The molecule has 9 nitrogen and oxygen atoms in total. The summed E-state index contributed by atoms with van der Waals surface area (Å²) in [6, 6.07) is 0. The topological polar surface area (TPSA) is 123 Å². The molecular formula is C16H28FN3O6SSi. The fourth-order valence-corrected chi connectivity index (χ4v) is 4.20. The van der Waals surface area contributed by atoms with E-state index in [-0.39, 0.29) is 18.1 Å². The molecule has 0 spiro atoms. The van der Waals surface area contributed by atoms with Gasteiger partial charge in [0.05, 0.1) is 25.2 Å². The number of hydrogen-bond acceptors (Lipinski definition) is 8. The van der Waals surface area contributed by atoms with E-state index >= 15 is 0 Å². The molecule has 2 N–H and O–H groups in total. The van der Waals surface area contributed by atoms with Gasteiger partial charge in [-0.15, -0.1) is 0 Å². The minimum absolute atomic E-state index is 0.0192. The summed E-state index contributed by atoms with van der Waals surface area (Å²) in [6.45, 7) is 10.6. The lowest BCUT2D eigenvalue weighted by molar-refractivity contribution is -0.0456. The smallest absolute Gasteiger partial charge is 0.351 e. The number of halogens is 1. The average molecular weight is 438 g/mol. The quantitative estimate of drug-likeness (QED) is 0.526. The summed E-state index contributed by atoms with van der Waals surface area (Å²) in [5.74, 6) is -1.46. The van der Waals surface area contributed by atoms with E-state index in [0.717, 1.165) is 17.0 Å². The van der Waals surface area contributed by atoms with E-state index in [1.807, 2.05) is 0 Å². The average Bonchev–Trinajstić information content (AvgIpc) is 2.88. The molecule has 1 aliphatic heterocycles. The minimum atomic E-state index is -3.84. The third-order valence-electron chi connectivity index (χ3n) is 5.09. The van der Waals surface area contributed by atoms with E-state index < -0.39 is 54.2 Å². The van der Waals surface area contributed by atoms with Gasteiger partial charge in [0.1, 0.15) is 6.10 Å². The lowest BCUT2D eigenvalue weighted by Crippen LogP contribution is -2.42. The molecule has 0 bridgehead atoms. The van der Waals surface area contributed by atoms with Crippen LogP contribution in [0, 0.1) is 5.82 Å². The first-order valence-corrected chi connectivity index (χ1v) is 13.5. The Morgan fingerprint density at radius 2 is 2.04 bits per heavy atom. The number of nitrogens with two attached hydrogens (primary N) is 1. The van der Waals surface area contributed by atoms with Crippen LogP contribution in [0.4, 0.5) is 10.2 Å². The van der Waals surface area contributed by atoms with Crippen molar-refractivity contribution in [2.24, 2.45) is 0 Å². The van der Waals surface area contributed by atoms with Crippen LogP contribution in [0.15, 0.2) is 11.0 Å². The molecule has 0 aromatic carbocycles. The molecule has 1 aliphatic rings. The Labute approximate surface area is 165 Å². The summed E-state index contributed by atoms with van der Waals surface area (Å²) in [5.41, 5.74) is 4.44. The van der Waals surface area contributed by atoms with E-state index in [0.29, 0.717) is 0 Å². The van der Waals surface area contributed by atoms with Crippen molar-refractivity contribution in [3.8, 4) is 0 Å². The van der Waals surface area contributed by atoms with Crippen LogP contribution in [0.1, 0.15) is 33.4 Å². The molecule has 1 saturated heterocycles. The monoisotopic (exact) mass is 437 g/mol. The highest BCUT2D eigenvalue weighted by Gasteiger charge is 2.43. The molecule has 2 heterocycles. The van der Waals surface area contributed by atoms with Crippen LogP contribution in [-0.2, 0) is 23.5 Å². The number of nitrogen functional groups attached to an aromatic ring is 1. The maximum Gasteiger partial charge on any atom is 0.351 e. The summed E-state index contributed by atoms with van der Waals surface area (Å²) < 4.78 is 55.0. The van der Waals surface area contributed by atoms with Crippen LogP contribution in [0.25, 0.3) is 0 Å². The highest BCUT2D eigenvalue weighted by Crippen LogP contribution is 2.38. The molecule has 1 unspecified atom stereocenters. The van der Waals surface area contributed by atoms with Crippen LogP contribution < -0.4 is 11.4 Å². The summed E-state index contributed by atoms with van der Waals surface area (Å²) >= 11 is 0. The van der Waals surface area contributed by atoms with Crippen molar-refractivity contribution in [3.05, 3.63) is 22.5 Å². The molecule has 28 heavy (non-hydrogen) atoms. The molecule has 1 aromatic heterocycles. The van der Waals surface area contributed by atoms with Gasteiger partial charge in [-0.25, -0.2) is 9.18 Å². The van der Waals surface area contributed by atoms with Gasteiger partial charge in [0.25, 0.3) is 10.1 Å². The number of aromatic nitrogens is 2. The van der Waals surface area contributed by atoms with Crippen molar-refractivity contribution in [1.29, 1.82) is 0 Å². The molecule has 0 radical (unpaired) electrons. The van der Waals surface area contributed by atoms with Crippen molar-refractivity contribution in [3.63, 3.8) is 0 Å². The molecule has 0 amide bonds. The van der Waals surface area contributed by atoms with Crippen molar-refractivity contribution < 1.29 is 26.2 Å². The summed E-state index contributed by atoms with van der Waals surface area (Å²) in [4.78, 5) is 15.5. The first kappa shape index (κ1) is 22.9. The largest absolute Gasteiger partial charge is 0.414 e. The number of anilines is 1. The zero-order valence-corrected chi connectivity index (χ0v) is 18.7. The van der Waals surface area contributed by atoms with Gasteiger partial charge in [-0.1, -0.05) is 20.8 Å². The van der Waals surface area contributed by atoms with Crippen LogP contribution in [-0.4, -0.2) is 51.4 Å². The van der Waals surface area contributed by atoms with Gasteiger partial charge in [-0.2, -0.15) is 13.4 Å². The van der Waals surface area contributed by atoms with Gasteiger partial charge < -0.3 is 14.9 Å². The van der Waals surface area contributed by atoms with Crippen LogP contribution in [0.2, 0.25) is 18.1 Å². The zero-order valence-electron chi connectivity index (χ0n) is 16.9. The second-order valence-electron chi connectivity index (χ2n) is 8.46. The number of hydrogen-bond donors (Lipinski definition) is 1. The van der Waals surface area contributed by atoms with Gasteiger partial charge >= 0.3 is 5.69 Å². The van der Waals surface area contributed by atoms with Crippen molar-refractivity contribution in [2.75, 3.05) is 18.6 Å². The highest BCUT2D eigenvalue weighted by molar-refractivity contribution is 7.86. The van der Waals surface area contributed by atoms with Crippen LogP contribution in [0.5, 0.6) is 0 Å². The molecule has 3 atom stereocenters. The summed E-state index contributed by atoms with van der Waals surface area (Å²) in [6.07, 6.45) is -0.828. The Morgan fingerprint density at radius 1 is 1.43 bits per heavy atom. The van der Waals surface area contributed by atoms with Crippen molar-refractivity contribution >= 4 is 24.3 Å². The van der Waals surface area contributed by atoms with Gasteiger partial charge in [0.15, 0.2) is 26.2 Å². The van der Waals surface area contributed by atoms with E-state index in [4.69, 9.17) is 19.1 Å². The third kappa shape index (κ3) is 5.38. The fourth-order valence-electron chi connectivity index (χ4n) is 2.54. The van der Waals surface area contributed by atoms with Gasteiger partial charge in [-0.3, -0.25) is 8.75 Å². The van der Waals surface area contributed by atoms with Crippen molar-refractivity contribution in [2.45, 2.75) is 63.8 Å². The fraction of sp³-hybridized carbons (Fsp3) is 0.750. The van der Waals surface area contributed by atoms with Crippen LogP contribution >= 0.6 is 0 Å². The Bertz CT molecular complexity index is 883. The van der Waals surface area contributed by atoms with E-state index in [9.17, 15) is 17.6 Å². The standard InChI is InChI=1S/C16H28FN3O6SSi/c1-16(2,3)28(5,6)24-9-10-7-12(26-27(4,22)23)14(25-10)20-8-11(17)13(18)19-15(20)21/h8,10,12,14H,7,9H2,1-6H3,(H2,18,19,21)/t10-,12?,14+/m1/s1. The third-order valence-corrected chi connectivity index (χ3v) is 10.2. The van der Waals surface area contributed by atoms with Gasteiger partial charge in [-0.05, 0) is 18.1 Å². The first-order valence-electron chi connectivity index (χ1n) is 8.82. The second-order valence-corrected chi connectivity index (χ2v) is 14.9. The lowest BCUT2D eigenvalue weighted by Gasteiger charge is -2.36. The lowest BCUT2D eigenvalue weighted by atomic mass is 10.2. The molecule has 160 valence electrons. The number of ether oxygens (including phenoxy) is 1. The van der Waals surface area contributed by atoms with Gasteiger partial charge in [0, 0.05) is 6.42 Å². The molecule has 1 aromatic rings.